The second kappa shape index (κ2) is 8.90. The Labute approximate surface area is 153 Å². The first kappa shape index (κ1) is 19.3. The van der Waals surface area contributed by atoms with Crippen LogP contribution in [-0.2, 0) is 4.74 Å². The average Bonchev–Trinajstić information content (AvgIpc) is 2.87. The summed E-state index contributed by atoms with van der Waals surface area (Å²) < 4.78 is 10.6. The second-order valence-electron chi connectivity index (χ2n) is 6.26. The number of fused-ring (bicyclic) bond motifs is 2. The molecule has 3 rings (SSSR count). The van der Waals surface area contributed by atoms with Crippen LogP contribution in [0.5, 0.6) is 5.75 Å². The minimum Gasteiger partial charge on any atom is -0.490 e. The maximum atomic E-state index is 12.7. The number of amides is 1. The van der Waals surface area contributed by atoms with Crippen molar-refractivity contribution in [3.8, 4) is 5.75 Å². The molecule has 1 aromatic rings. The number of halogens is 2. The van der Waals surface area contributed by atoms with Crippen LogP contribution in [0.15, 0.2) is 18.2 Å². The van der Waals surface area contributed by atoms with E-state index < -0.39 is 0 Å². The van der Waals surface area contributed by atoms with Gasteiger partial charge in [0.2, 0.25) is 0 Å². The molecule has 2 bridgehead atoms. The topological polar surface area (TPSA) is 59.6 Å². The Morgan fingerprint density at radius 3 is 2.67 bits per heavy atom. The van der Waals surface area contributed by atoms with Crippen molar-refractivity contribution in [1.29, 1.82) is 0 Å². The van der Waals surface area contributed by atoms with Crippen molar-refractivity contribution in [2.75, 3.05) is 20.3 Å². The molecule has 0 radical (unpaired) electrons. The van der Waals surface area contributed by atoms with Gasteiger partial charge in [-0.1, -0.05) is 11.6 Å². The molecule has 0 spiro atoms. The molecule has 2 N–H and O–H groups in total. The largest absolute Gasteiger partial charge is 0.490 e. The van der Waals surface area contributed by atoms with Crippen molar-refractivity contribution in [2.45, 2.75) is 43.8 Å². The summed E-state index contributed by atoms with van der Waals surface area (Å²) in [6.07, 6.45) is 4.39. The third kappa shape index (κ3) is 4.76. The minimum atomic E-state index is -0.119. The molecule has 2 heterocycles. The summed E-state index contributed by atoms with van der Waals surface area (Å²) in [4.78, 5) is 12.7. The zero-order chi connectivity index (χ0) is 16.2. The van der Waals surface area contributed by atoms with E-state index in [1.807, 2.05) is 0 Å². The number of rotatable bonds is 6. The highest BCUT2D eigenvalue weighted by molar-refractivity contribution is 6.31. The van der Waals surface area contributed by atoms with Crippen LogP contribution in [0.2, 0.25) is 5.02 Å². The van der Waals surface area contributed by atoms with E-state index >= 15 is 0 Å². The maximum absolute atomic E-state index is 12.7. The fraction of sp³-hybridized carbons (Fsp3) is 0.588. The van der Waals surface area contributed by atoms with Crippen LogP contribution >= 0.6 is 24.0 Å². The van der Waals surface area contributed by atoms with Crippen LogP contribution in [0.3, 0.4) is 0 Å². The summed E-state index contributed by atoms with van der Waals surface area (Å²) in [5, 5.41) is 7.25. The molecule has 2 unspecified atom stereocenters. The number of nitrogens with one attached hydrogen (secondary N) is 2. The van der Waals surface area contributed by atoms with Crippen LogP contribution in [0.1, 0.15) is 36.0 Å². The van der Waals surface area contributed by atoms with E-state index in [4.69, 9.17) is 21.1 Å². The molecule has 5 nitrogen and oxygen atoms in total. The van der Waals surface area contributed by atoms with Crippen molar-refractivity contribution in [2.24, 2.45) is 0 Å². The first-order chi connectivity index (χ1) is 11.2. The van der Waals surface area contributed by atoms with Gasteiger partial charge in [-0.05, 0) is 43.9 Å². The van der Waals surface area contributed by atoms with Gasteiger partial charge in [0.15, 0.2) is 0 Å². The lowest BCUT2D eigenvalue weighted by atomic mass is 9.99. The number of ether oxygens (including phenoxy) is 2. The van der Waals surface area contributed by atoms with E-state index in [9.17, 15) is 4.79 Å². The highest BCUT2D eigenvalue weighted by atomic mass is 35.5. The van der Waals surface area contributed by atoms with E-state index in [0.29, 0.717) is 41.6 Å². The normalized spacial score (nSPS) is 25.0. The lowest BCUT2D eigenvalue weighted by molar-refractivity contribution is 0.0916. The minimum absolute atomic E-state index is 0. The van der Waals surface area contributed by atoms with Gasteiger partial charge < -0.3 is 20.1 Å². The molecule has 7 heteroatoms. The van der Waals surface area contributed by atoms with Crippen LogP contribution < -0.4 is 15.4 Å². The number of hydrogen-bond acceptors (Lipinski definition) is 4. The predicted molar refractivity (Wildman–Crippen MR) is 96.5 cm³/mol. The van der Waals surface area contributed by atoms with Crippen molar-refractivity contribution in [3.63, 3.8) is 0 Å². The third-order valence-electron chi connectivity index (χ3n) is 4.54. The van der Waals surface area contributed by atoms with Gasteiger partial charge in [0, 0.05) is 30.3 Å². The first-order valence-electron chi connectivity index (χ1n) is 8.14. The summed E-state index contributed by atoms with van der Waals surface area (Å²) in [7, 11) is 1.62. The van der Waals surface area contributed by atoms with Crippen LogP contribution in [0.25, 0.3) is 0 Å². The highest BCUT2D eigenvalue weighted by Gasteiger charge is 2.34. The van der Waals surface area contributed by atoms with Gasteiger partial charge in [-0.25, -0.2) is 0 Å². The van der Waals surface area contributed by atoms with Crippen molar-refractivity contribution >= 4 is 29.9 Å². The summed E-state index contributed by atoms with van der Waals surface area (Å²) in [6.45, 7) is 0.872. The molecule has 2 aliphatic heterocycles. The maximum Gasteiger partial charge on any atom is 0.255 e. The molecule has 2 atom stereocenters. The Morgan fingerprint density at radius 1 is 1.29 bits per heavy atom. The zero-order valence-electron chi connectivity index (χ0n) is 13.7. The van der Waals surface area contributed by atoms with Gasteiger partial charge in [-0.15, -0.1) is 12.4 Å². The van der Waals surface area contributed by atoms with E-state index in [1.165, 1.54) is 12.8 Å². The molecule has 2 saturated heterocycles. The summed E-state index contributed by atoms with van der Waals surface area (Å²) in [6, 6.07) is 6.41. The number of benzene rings is 1. The fourth-order valence-corrected chi connectivity index (χ4v) is 3.65. The Morgan fingerprint density at radius 2 is 2.00 bits per heavy atom. The quantitative estimate of drug-likeness (QED) is 0.751. The molecular weight excluding hydrogens is 351 g/mol. The second-order valence-corrected chi connectivity index (χ2v) is 6.70. The smallest absolute Gasteiger partial charge is 0.255 e. The fourth-order valence-electron chi connectivity index (χ4n) is 3.48. The molecule has 1 aromatic carbocycles. The van der Waals surface area contributed by atoms with Crippen LogP contribution in [0, 0.1) is 0 Å². The molecule has 0 saturated carbocycles. The lowest BCUT2D eigenvalue weighted by Crippen LogP contribution is -2.48. The summed E-state index contributed by atoms with van der Waals surface area (Å²) >= 11 is 6.05. The van der Waals surface area contributed by atoms with Crippen molar-refractivity contribution in [3.05, 3.63) is 28.8 Å². The molecule has 0 aromatic heterocycles. The highest BCUT2D eigenvalue weighted by Crippen LogP contribution is 2.28. The Kier molecular flexibility index (Phi) is 7.16. The SMILES string of the molecule is COCCOc1ccc(Cl)cc1C(=O)NC1CC2CCC(C1)N2.Cl. The van der Waals surface area contributed by atoms with E-state index in [2.05, 4.69) is 10.6 Å². The van der Waals surface area contributed by atoms with Gasteiger partial charge in [0.05, 0.1) is 12.2 Å². The van der Waals surface area contributed by atoms with Gasteiger partial charge in [-0.2, -0.15) is 0 Å². The van der Waals surface area contributed by atoms with E-state index in [0.717, 1.165) is 12.8 Å². The van der Waals surface area contributed by atoms with Gasteiger partial charge in [0.25, 0.3) is 5.91 Å². The standard InChI is InChI=1S/C17H23ClN2O3.ClH/c1-22-6-7-23-16-5-2-11(18)8-15(16)17(21)20-14-9-12-3-4-13(10-14)19-12;/h2,5,8,12-14,19H,3-4,6-7,9-10H2,1H3,(H,20,21);1H. The Bertz CT molecular complexity index is 559. The molecule has 1 amide bonds. The van der Waals surface area contributed by atoms with Crippen LogP contribution in [0.4, 0.5) is 0 Å². The number of methoxy groups -OCH3 is 1. The monoisotopic (exact) mass is 374 g/mol. The lowest BCUT2D eigenvalue weighted by Gasteiger charge is -2.29. The number of piperidine rings is 1. The Balaban J connectivity index is 0.00000208. The van der Waals surface area contributed by atoms with Gasteiger partial charge in [0.1, 0.15) is 12.4 Å². The zero-order valence-corrected chi connectivity index (χ0v) is 15.3. The Hall–Kier alpha value is -1.01. The number of carbonyl (C=O) groups is 1. The number of hydrogen-bond donors (Lipinski definition) is 2. The van der Waals surface area contributed by atoms with Gasteiger partial charge in [-0.3, -0.25) is 4.79 Å². The molecule has 0 aliphatic carbocycles. The number of carbonyl (C=O) groups excluding carboxylic acids is 1. The molecule has 24 heavy (non-hydrogen) atoms. The molecule has 2 fully saturated rings. The van der Waals surface area contributed by atoms with E-state index in [-0.39, 0.29) is 24.4 Å². The van der Waals surface area contributed by atoms with E-state index in [1.54, 1.807) is 25.3 Å². The van der Waals surface area contributed by atoms with Gasteiger partial charge >= 0.3 is 0 Å². The molecule has 2 aliphatic rings. The third-order valence-corrected chi connectivity index (χ3v) is 4.77. The van der Waals surface area contributed by atoms with Crippen molar-refractivity contribution < 1.29 is 14.3 Å². The average molecular weight is 375 g/mol. The first-order valence-corrected chi connectivity index (χ1v) is 8.51. The summed E-state index contributed by atoms with van der Waals surface area (Å²) in [5.74, 6) is 0.423. The molecule has 134 valence electrons. The predicted octanol–water partition coefficient (Wildman–Crippen LogP) is 2.80. The molecular formula is C17H24Cl2N2O3. The van der Waals surface area contributed by atoms with Crippen molar-refractivity contribution in [1.82, 2.24) is 10.6 Å². The van der Waals surface area contributed by atoms with Crippen LogP contribution in [-0.4, -0.2) is 44.4 Å². The summed E-state index contributed by atoms with van der Waals surface area (Å²) in [5.41, 5.74) is 0.486.